The molecule has 0 bridgehead atoms. The molecule has 1 heterocycles. The number of ketones is 1. The van der Waals surface area contributed by atoms with Crippen molar-refractivity contribution in [2.75, 3.05) is 23.7 Å². The number of hydrogen-bond donors (Lipinski definition) is 1. The number of anilines is 2. The maximum Gasteiger partial charge on any atom is 0.134 e. The van der Waals surface area contributed by atoms with Crippen LogP contribution in [0.3, 0.4) is 0 Å². The molecule has 1 aliphatic rings. The van der Waals surface area contributed by atoms with E-state index in [2.05, 4.69) is 4.90 Å². The van der Waals surface area contributed by atoms with Crippen molar-refractivity contribution in [3.05, 3.63) is 24.3 Å². The number of carbonyl (C=O) groups is 1. The largest absolute Gasteiger partial charge is 0.399 e. The van der Waals surface area contributed by atoms with Crippen LogP contribution in [0.5, 0.6) is 0 Å². The zero-order chi connectivity index (χ0) is 10.7. The van der Waals surface area contributed by atoms with Gasteiger partial charge < -0.3 is 10.6 Å². The number of nitrogen functional groups attached to an aromatic ring is 1. The van der Waals surface area contributed by atoms with Crippen LogP contribution in [0.4, 0.5) is 11.4 Å². The van der Waals surface area contributed by atoms with Crippen LogP contribution in [0.1, 0.15) is 19.3 Å². The van der Waals surface area contributed by atoms with Crippen LogP contribution in [-0.2, 0) is 4.79 Å². The number of hydrogen-bond acceptors (Lipinski definition) is 3. The van der Waals surface area contributed by atoms with Gasteiger partial charge in [-0.15, -0.1) is 0 Å². The van der Waals surface area contributed by atoms with E-state index in [4.69, 9.17) is 5.73 Å². The van der Waals surface area contributed by atoms with Gasteiger partial charge in [0.1, 0.15) is 5.78 Å². The summed E-state index contributed by atoms with van der Waals surface area (Å²) in [7, 11) is 0. The molecule has 1 aromatic carbocycles. The highest BCUT2D eigenvalue weighted by Crippen LogP contribution is 2.20. The number of carbonyl (C=O) groups excluding carboxylic acids is 1. The lowest BCUT2D eigenvalue weighted by atomic mass is 10.2. The van der Waals surface area contributed by atoms with Gasteiger partial charge in [-0.2, -0.15) is 0 Å². The maximum absolute atomic E-state index is 11.3. The van der Waals surface area contributed by atoms with Gasteiger partial charge in [-0.25, -0.2) is 0 Å². The molecule has 0 aromatic heterocycles. The van der Waals surface area contributed by atoms with Crippen molar-refractivity contribution in [2.24, 2.45) is 0 Å². The van der Waals surface area contributed by atoms with Crippen molar-refractivity contribution in [3.63, 3.8) is 0 Å². The summed E-state index contributed by atoms with van der Waals surface area (Å²) >= 11 is 0. The molecule has 2 rings (SSSR count). The van der Waals surface area contributed by atoms with Gasteiger partial charge in [0.15, 0.2) is 0 Å². The molecule has 3 nitrogen and oxygen atoms in total. The molecule has 0 aliphatic carbocycles. The van der Waals surface area contributed by atoms with Crippen LogP contribution in [0.25, 0.3) is 0 Å². The molecule has 0 spiro atoms. The lowest BCUT2D eigenvalue weighted by molar-refractivity contribution is -0.118. The highest BCUT2D eigenvalue weighted by molar-refractivity contribution is 5.79. The van der Waals surface area contributed by atoms with Gasteiger partial charge in [0.25, 0.3) is 0 Å². The van der Waals surface area contributed by atoms with Crippen molar-refractivity contribution >= 4 is 17.2 Å². The quantitative estimate of drug-likeness (QED) is 0.710. The Labute approximate surface area is 89.9 Å². The Morgan fingerprint density at radius 2 is 2.07 bits per heavy atom. The second-order valence-corrected chi connectivity index (χ2v) is 3.97. The highest BCUT2D eigenvalue weighted by Gasteiger charge is 2.14. The topological polar surface area (TPSA) is 46.3 Å². The first-order valence-corrected chi connectivity index (χ1v) is 5.38. The number of rotatable bonds is 1. The summed E-state index contributed by atoms with van der Waals surface area (Å²) < 4.78 is 0. The van der Waals surface area contributed by atoms with Gasteiger partial charge in [-0.3, -0.25) is 4.79 Å². The first kappa shape index (κ1) is 10.0. The molecular weight excluding hydrogens is 188 g/mol. The number of nitrogens with two attached hydrogens (primary N) is 1. The van der Waals surface area contributed by atoms with Crippen molar-refractivity contribution in [3.8, 4) is 0 Å². The minimum atomic E-state index is 0.376. The average Bonchev–Trinajstić information content (AvgIpc) is 2.43. The van der Waals surface area contributed by atoms with E-state index in [1.54, 1.807) is 0 Å². The van der Waals surface area contributed by atoms with Crippen LogP contribution >= 0.6 is 0 Å². The summed E-state index contributed by atoms with van der Waals surface area (Å²) in [5.41, 5.74) is 7.65. The van der Waals surface area contributed by atoms with Gasteiger partial charge in [-0.1, -0.05) is 6.07 Å². The third kappa shape index (κ3) is 2.49. The molecule has 1 fully saturated rings. The molecule has 1 aromatic rings. The van der Waals surface area contributed by atoms with Gasteiger partial charge in [0.05, 0.1) is 0 Å². The molecule has 15 heavy (non-hydrogen) atoms. The van der Waals surface area contributed by atoms with Crippen LogP contribution in [0.15, 0.2) is 24.3 Å². The predicted molar refractivity (Wildman–Crippen MR) is 61.9 cm³/mol. The summed E-state index contributed by atoms with van der Waals surface area (Å²) in [6.07, 6.45) is 2.33. The molecule has 0 radical (unpaired) electrons. The van der Waals surface area contributed by atoms with Crippen LogP contribution in [-0.4, -0.2) is 18.9 Å². The van der Waals surface area contributed by atoms with Crippen LogP contribution in [0, 0.1) is 0 Å². The zero-order valence-corrected chi connectivity index (χ0v) is 8.78. The minimum absolute atomic E-state index is 0.376. The van der Waals surface area contributed by atoms with E-state index in [0.717, 1.165) is 37.3 Å². The van der Waals surface area contributed by atoms with Crippen molar-refractivity contribution in [1.29, 1.82) is 0 Å². The normalized spacial score (nSPS) is 17.6. The fourth-order valence-electron chi connectivity index (χ4n) is 1.94. The smallest absolute Gasteiger partial charge is 0.134 e. The molecule has 1 aliphatic heterocycles. The number of Topliss-reactive ketones (excluding diaryl/α,β-unsaturated/α-hetero) is 1. The van der Waals surface area contributed by atoms with E-state index in [1.165, 1.54) is 0 Å². The summed E-state index contributed by atoms with van der Waals surface area (Å²) in [6, 6.07) is 7.85. The Kier molecular flexibility index (Phi) is 2.90. The van der Waals surface area contributed by atoms with E-state index in [1.807, 2.05) is 24.3 Å². The van der Waals surface area contributed by atoms with Gasteiger partial charge in [-0.05, 0) is 24.6 Å². The second kappa shape index (κ2) is 4.34. The van der Waals surface area contributed by atoms with E-state index >= 15 is 0 Å². The third-order valence-corrected chi connectivity index (χ3v) is 2.78. The first-order valence-electron chi connectivity index (χ1n) is 5.38. The first-order chi connectivity index (χ1) is 7.25. The van der Waals surface area contributed by atoms with Gasteiger partial charge in [0, 0.05) is 37.3 Å². The zero-order valence-electron chi connectivity index (χ0n) is 8.78. The van der Waals surface area contributed by atoms with Gasteiger partial charge >= 0.3 is 0 Å². The van der Waals surface area contributed by atoms with Gasteiger partial charge in [0.2, 0.25) is 0 Å². The molecule has 2 N–H and O–H groups in total. The summed E-state index contributed by atoms with van der Waals surface area (Å²) in [5, 5.41) is 0. The molecule has 0 unspecified atom stereocenters. The fraction of sp³-hybridized carbons (Fsp3) is 0.417. The molecule has 3 heteroatoms. The van der Waals surface area contributed by atoms with E-state index < -0.39 is 0 Å². The molecular formula is C12H16N2O. The fourth-order valence-corrected chi connectivity index (χ4v) is 1.94. The Bertz CT molecular complexity index is 362. The number of nitrogens with zero attached hydrogens (tertiary/aromatic N) is 1. The standard InChI is InChI=1S/C12H16N2O/c13-10-3-1-4-11(9-10)14-7-2-5-12(15)6-8-14/h1,3-4,9H,2,5-8,13H2. The predicted octanol–water partition coefficient (Wildman–Crippen LogP) is 1.83. The monoisotopic (exact) mass is 204 g/mol. The van der Waals surface area contributed by atoms with Crippen molar-refractivity contribution in [1.82, 2.24) is 0 Å². The Morgan fingerprint density at radius 3 is 2.87 bits per heavy atom. The van der Waals surface area contributed by atoms with Crippen LogP contribution < -0.4 is 10.6 Å². The third-order valence-electron chi connectivity index (χ3n) is 2.78. The lowest BCUT2D eigenvalue weighted by Crippen LogP contribution is -2.24. The molecule has 0 atom stereocenters. The molecule has 0 saturated carbocycles. The summed E-state index contributed by atoms with van der Waals surface area (Å²) in [4.78, 5) is 13.5. The van der Waals surface area contributed by atoms with Crippen LogP contribution in [0.2, 0.25) is 0 Å². The second-order valence-electron chi connectivity index (χ2n) is 3.97. The van der Waals surface area contributed by atoms with E-state index in [-0.39, 0.29) is 0 Å². The lowest BCUT2D eigenvalue weighted by Gasteiger charge is -2.22. The highest BCUT2D eigenvalue weighted by atomic mass is 16.1. The van der Waals surface area contributed by atoms with Crippen molar-refractivity contribution in [2.45, 2.75) is 19.3 Å². The summed E-state index contributed by atoms with van der Waals surface area (Å²) in [6.45, 7) is 1.78. The van der Waals surface area contributed by atoms with E-state index in [0.29, 0.717) is 12.2 Å². The van der Waals surface area contributed by atoms with Crippen molar-refractivity contribution < 1.29 is 4.79 Å². The average molecular weight is 204 g/mol. The number of benzene rings is 1. The Morgan fingerprint density at radius 1 is 1.20 bits per heavy atom. The Hall–Kier alpha value is -1.51. The molecule has 0 amide bonds. The molecule has 1 saturated heterocycles. The SMILES string of the molecule is Nc1cccc(N2CCCC(=O)CC2)c1. The molecule has 80 valence electrons. The van der Waals surface area contributed by atoms with E-state index in [9.17, 15) is 4.79 Å². The summed E-state index contributed by atoms with van der Waals surface area (Å²) in [5.74, 6) is 0.376. The Balaban J connectivity index is 2.13. The maximum atomic E-state index is 11.3. The minimum Gasteiger partial charge on any atom is -0.399 e.